The largest absolute Gasteiger partial charge is 0.443 e. The van der Waals surface area contributed by atoms with Gasteiger partial charge in [-0.05, 0) is 18.2 Å². The third-order valence-corrected chi connectivity index (χ3v) is 4.71. The minimum atomic E-state index is -5.04. The van der Waals surface area contributed by atoms with E-state index in [1.54, 1.807) is 30.3 Å². The maximum Gasteiger partial charge on any atom is 0.416 e. The van der Waals surface area contributed by atoms with E-state index in [1.165, 1.54) is 24.4 Å². The van der Waals surface area contributed by atoms with Gasteiger partial charge in [-0.3, -0.25) is 20.2 Å². The van der Waals surface area contributed by atoms with Crippen molar-refractivity contribution in [1.29, 1.82) is 0 Å². The average molecular weight is 496 g/mol. The van der Waals surface area contributed by atoms with Gasteiger partial charge in [-0.1, -0.05) is 47.1 Å². The van der Waals surface area contributed by atoms with Gasteiger partial charge in [0.1, 0.15) is 12.4 Å². The smallest absolute Gasteiger partial charge is 0.416 e. The summed E-state index contributed by atoms with van der Waals surface area (Å²) in [6.45, 7) is 0.0229. The zero-order chi connectivity index (χ0) is 24.9. The molecule has 0 unspecified atom stereocenters. The fourth-order valence-corrected chi connectivity index (χ4v) is 2.93. The Hall–Kier alpha value is -4.19. The number of hydrogen-bond acceptors (Lipinski definition) is 7. The minimum Gasteiger partial charge on any atom is -0.443 e. The lowest BCUT2D eigenvalue weighted by atomic mass is 10.1. The average Bonchev–Trinajstić information content (AvgIpc) is 2.77. The number of hydrogen-bond donors (Lipinski definition) is 0. The fourth-order valence-electron chi connectivity index (χ4n) is 2.74. The Bertz CT molecular complexity index is 1230. The predicted molar refractivity (Wildman–Crippen MR) is 115 cm³/mol. The summed E-state index contributed by atoms with van der Waals surface area (Å²) in [4.78, 5) is 25.6. The Kier molecular flexibility index (Phi) is 7.31. The number of oxime groups is 1. The molecule has 0 bridgehead atoms. The second kappa shape index (κ2) is 10.2. The third kappa shape index (κ3) is 5.78. The maximum absolute atomic E-state index is 13.1. The van der Waals surface area contributed by atoms with Crippen molar-refractivity contribution in [3.05, 3.63) is 103 Å². The van der Waals surface area contributed by atoms with Crippen LogP contribution in [0.3, 0.4) is 0 Å². The molecule has 0 saturated heterocycles. The van der Waals surface area contributed by atoms with Gasteiger partial charge in [0, 0.05) is 28.3 Å². The quantitative estimate of drug-likeness (QED) is 0.199. The van der Waals surface area contributed by atoms with Crippen LogP contribution in [0.5, 0.6) is 11.5 Å². The third-order valence-electron chi connectivity index (χ3n) is 4.35. The van der Waals surface area contributed by atoms with E-state index in [2.05, 4.69) is 5.16 Å². The fraction of sp³-hybridized carbons (Fsp3) is 0.0952. The molecule has 3 rings (SSSR count). The maximum atomic E-state index is 13.1. The molecule has 9 nitrogen and oxygen atoms in total. The number of halogens is 4. The van der Waals surface area contributed by atoms with Gasteiger partial charge >= 0.3 is 17.6 Å². The Morgan fingerprint density at radius 1 is 0.971 bits per heavy atom. The normalized spacial score (nSPS) is 11.4. The Labute approximate surface area is 194 Å². The molecule has 34 heavy (non-hydrogen) atoms. The molecular formula is C21H13ClF3N3O6. The Balaban J connectivity index is 1.93. The van der Waals surface area contributed by atoms with Gasteiger partial charge in [-0.25, -0.2) is 0 Å². The van der Waals surface area contributed by atoms with Crippen LogP contribution in [0, 0.1) is 20.2 Å². The molecule has 0 N–H and O–H groups in total. The second-order valence-corrected chi connectivity index (χ2v) is 7.00. The zero-order valence-electron chi connectivity index (χ0n) is 16.9. The topological polar surface area (TPSA) is 117 Å². The predicted octanol–water partition coefficient (Wildman–Crippen LogP) is 6.52. The van der Waals surface area contributed by atoms with Crippen LogP contribution in [-0.4, -0.2) is 16.1 Å². The molecule has 3 aromatic carbocycles. The number of alkyl halides is 3. The molecule has 0 amide bonds. The van der Waals surface area contributed by atoms with Crippen LogP contribution in [0.4, 0.5) is 24.5 Å². The minimum absolute atomic E-state index is 0.0229. The first-order chi connectivity index (χ1) is 16.1. The first-order valence-corrected chi connectivity index (χ1v) is 9.65. The van der Waals surface area contributed by atoms with Crippen molar-refractivity contribution in [2.75, 3.05) is 0 Å². The van der Waals surface area contributed by atoms with Crippen molar-refractivity contribution in [3.8, 4) is 11.5 Å². The highest BCUT2D eigenvalue weighted by molar-refractivity contribution is 6.31. The standard InChI is InChI=1S/C21H13ClF3N3O6/c22-16-7-3-1-6-14(16)12-33-26-11-13-5-2-4-8-19(13)34-20-17(27(29)30)9-15(21(23,24)25)10-18(20)28(31)32/h1-11H,12H2/b26-11+. The van der Waals surface area contributed by atoms with E-state index in [0.717, 1.165) is 0 Å². The molecular weight excluding hydrogens is 483 g/mol. The van der Waals surface area contributed by atoms with Crippen LogP contribution in [-0.2, 0) is 17.6 Å². The highest BCUT2D eigenvalue weighted by atomic mass is 35.5. The van der Waals surface area contributed by atoms with Gasteiger partial charge in [0.05, 0.1) is 21.6 Å². The lowest BCUT2D eigenvalue weighted by molar-refractivity contribution is -0.396. The molecule has 0 aliphatic carbocycles. The van der Waals surface area contributed by atoms with Crippen LogP contribution in [0.25, 0.3) is 0 Å². The van der Waals surface area contributed by atoms with Crippen molar-refractivity contribution in [1.82, 2.24) is 0 Å². The van der Waals surface area contributed by atoms with Crippen LogP contribution in [0.1, 0.15) is 16.7 Å². The molecule has 0 spiro atoms. The molecule has 0 fully saturated rings. The summed E-state index contributed by atoms with van der Waals surface area (Å²) < 4.78 is 44.7. The van der Waals surface area contributed by atoms with Gasteiger partial charge in [0.15, 0.2) is 0 Å². The summed E-state index contributed by atoms with van der Waals surface area (Å²) in [5.41, 5.74) is -3.15. The lowest BCUT2D eigenvalue weighted by Gasteiger charge is -2.12. The number of nitro groups is 2. The van der Waals surface area contributed by atoms with Gasteiger partial charge in [-0.15, -0.1) is 0 Å². The lowest BCUT2D eigenvalue weighted by Crippen LogP contribution is -2.08. The van der Waals surface area contributed by atoms with E-state index in [9.17, 15) is 33.4 Å². The molecule has 0 atom stereocenters. The Morgan fingerprint density at radius 2 is 1.56 bits per heavy atom. The van der Waals surface area contributed by atoms with Gasteiger partial charge < -0.3 is 9.57 Å². The molecule has 0 aromatic heterocycles. The van der Waals surface area contributed by atoms with Crippen LogP contribution >= 0.6 is 11.6 Å². The van der Waals surface area contributed by atoms with Crippen molar-refractivity contribution >= 4 is 29.2 Å². The summed E-state index contributed by atoms with van der Waals surface area (Å²) in [7, 11) is 0. The van der Waals surface area contributed by atoms with E-state index in [1.807, 2.05) is 0 Å². The van der Waals surface area contributed by atoms with E-state index >= 15 is 0 Å². The molecule has 0 radical (unpaired) electrons. The molecule has 0 aliphatic rings. The van der Waals surface area contributed by atoms with Crippen molar-refractivity contribution in [2.24, 2.45) is 5.16 Å². The van der Waals surface area contributed by atoms with Crippen molar-refractivity contribution in [2.45, 2.75) is 12.8 Å². The van der Waals surface area contributed by atoms with E-state index in [4.69, 9.17) is 21.2 Å². The summed E-state index contributed by atoms with van der Waals surface area (Å²) in [6.07, 6.45) is -3.87. The summed E-state index contributed by atoms with van der Waals surface area (Å²) in [6, 6.07) is 13.0. The number of ether oxygens (including phenoxy) is 1. The van der Waals surface area contributed by atoms with Crippen molar-refractivity contribution in [3.63, 3.8) is 0 Å². The first-order valence-electron chi connectivity index (χ1n) is 9.27. The van der Waals surface area contributed by atoms with Gasteiger partial charge in [0.25, 0.3) is 5.75 Å². The van der Waals surface area contributed by atoms with Gasteiger partial charge in [-0.2, -0.15) is 13.2 Å². The zero-order valence-corrected chi connectivity index (χ0v) is 17.6. The number of para-hydroxylation sites is 1. The summed E-state index contributed by atoms with van der Waals surface area (Å²) in [5.74, 6) is -1.10. The number of nitro benzene ring substituents is 2. The van der Waals surface area contributed by atoms with E-state index in [-0.39, 0.29) is 30.1 Å². The number of benzene rings is 3. The van der Waals surface area contributed by atoms with Crippen LogP contribution < -0.4 is 4.74 Å². The number of nitrogens with zero attached hydrogens (tertiary/aromatic N) is 3. The Morgan fingerprint density at radius 3 is 2.15 bits per heavy atom. The van der Waals surface area contributed by atoms with E-state index < -0.39 is 38.7 Å². The molecule has 0 heterocycles. The SMILES string of the molecule is O=[N+]([O-])c1cc(C(F)(F)F)cc([N+](=O)[O-])c1Oc1ccccc1/C=N/OCc1ccccc1Cl. The summed E-state index contributed by atoms with van der Waals surface area (Å²) in [5, 5.41) is 27.0. The van der Waals surface area contributed by atoms with Crippen LogP contribution in [0.2, 0.25) is 5.02 Å². The van der Waals surface area contributed by atoms with Gasteiger partial charge in [0.2, 0.25) is 0 Å². The summed E-state index contributed by atoms with van der Waals surface area (Å²) >= 11 is 6.02. The molecule has 176 valence electrons. The van der Waals surface area contributed by atoms with Crippen molar-refractivity contribution < 1.29 is 32.6 Å². The number of rotatable bonds is 8. The molecule has 13 heteroatoms. The molecule has 0 saturated carbocycles. The highest BCUT2D eigenvalue weighted by Gasteiger charge is 2.38. The molecule has 0 aliphatic heterocycles. The van der Waals surface area contributed by atoms with E-state index in [0.29, 0.717) is 10.6 Å². The van der Waals surface area contributed by atoms with Crippen LogP contribution in [0.15, 0.2) is 65.8 Å². The first kappa shape index (κ1) is 24.5. The monoisotopic (exact) mass is 495 g/mol. The highest BCUT2D eigenvalue weighted by Crippen LogP contribution is 2.44. The second-order valence-electron chi connectivity index (χ2n) is 6.59. The molecule has 3 aromatic rings.